The van der Waals surface area contributed by atoms with E-state index in [2.05, 4.69) is 15.0 Å². The summed E-state index contributed by atoms with van der Waals surface area (Å²) in [6.07, 6.45) is 1.80. The molecular weight excluding hydrogens is 302 g/mol. The molecule has 1 aliphatic heterocycles. The fourth-order valence-corrected chi connectivity index (χ4v) is 3.20. The third-order valence-corrected chi connectivity index (χ3v) is 4.50. The summed E-state index contributed by atoms with van der Waals surface area (Å²) in [5, 5.41) is 5.36. The Balaban J connectivity index is 1.52. The van der Waals surface area contributed by atoms with Crippen molar-refractivity contribution in [2.45, 2.75) is 0 Å². The zero-order valence-corrected chi connectivity index (χ0v) is 13.6. The van der Waals surface area contributed by atoms with Gasteiger partial charge in [-0.25, -0.2) is 4.98 Å². The molecule has 6 nitrogen and oxygen atoms in total. The average Bonchev–Trinajstić information content (AvgIpc) is 2.99. The predicted molar refractivity (Wildman–Crippen MR) is 93.1 cm³/mol. The van der Waals surface area contributed by atoms with Gasteiger partial charge >= 0.3 is 0 Å². The molecule has 0 radical (unpaired) electrons. The van der Waals surface area contributed by atoms with Gasteiger partial charge in [0, 0.05) is 44.8 Å². The first-order valence-corrected chi connectivity index (χ1v) is 8.11. The Kier molecular flexibility index (Phi) is 3.65. The molecule has 3 aromatic rings. The minimum absolute atomic E-state index is 0.00692. The van der Waals surface area contributed by atoms with Crippen LogP contribution in [-0.2, 0) is 7.05 Å². The van der Waals surface area contributed by atoms with Crippen LogP contribution < -0.4 is 4.90 Å². The monoisotopic (exact) mass is 321 g/mol. The van der Waals surface area contributed by atoms with Crippen LogP contribution >= 0.6 is 0 Å². The largest absolute Gasteiger partial charge is 0.353 e. The zero-order chi connectivity index (χ0) is 16.5. The number of aromatic nitrogens is 3. The number of piperazine rings is 1. The SMILES string of the molecule is Cn1nc(C(=O)N2CCN(c3ccccn3)CC2)c2ccccc21. The van der Waals surface area contributed by atoms with Crippen LogP contribution in [0.3, 0.4) is 0 Å². The second kappa shape index (κ2) is 5.96. The minimum atomic E-state index is 0.00692. The number of rotatable bonds is 2. The van der Waals surface area contributed by atoms with E-state index in [0.717, 1.165) is 29.8 Å². The molecule has 0 aliphatic carbocycles. The van der Waals surface area contributed by atoms with Crippen LogP contribution in [-0.4, -0.2) is 51.8 Å². The Morgan fingerprint density at radius 2 is 1.75 bits per heavy atom. The lowest BCUT2D eigenvalue weighted by molar-refractivity contribution is 0.0741. The first kappa shape index (κ1) is 14.7. The summed E-state index contributed by atoms with van der Waals surface area (Å²) in [7, 11) is 1.87. The average molecular weight is 321 g/mol. The second-order valence-corrected chi connectivity index (χ2v) is 5.96. The van der Waals surface area contributed by atoms with E-state index in [0.29, 0.717) is 18.8 Å². The van der Waals surface area contributed by atoms with Crippen molar-refractivity contribution in [2.75, 3.05) is 31.1 Å². The molecule has 1 saturated heterocycles. The van der Waals surface area contributed by atoms with Crippen LogP contribution in [0.2, 0.25) is 0 Å². The van der Waals surface area contributed by atoms with Crippen LogP contribution in [0.4, 0.5) is 5.82 Å². The molecule has 24 heavy (non-hydrogen) atoms. The maximum absolute atomic E-state index is 12.9. The number of pyridine rings is 1. The Labute approximate surface area is 140 Å². The first-order valence-electron chi connectivity index (χ1n) is 8.11. The van der Waals surface area contributed by atoms with Gasteiger partial charge in [0.25, 0.3) is 5.91 Å². The molecule has 0 N–H and O–H groups in total. The summed E-state index contributed by atoms with van der Waals surface area (Å²) in [4.78, 5) is 21.4. The van der Waals surface area contributed by atoms with Gasteiger partial charge in [0.05, 0.1) is 5.52 Å². The summed E-state index contributed by atoms with van der Waals surface area (Å²) < 4.78 is 1.77. The number of benzene rings is 1. The number of amides is 1. The standard InChI is InChI=1S/C18H19N5O/c1-21-15-7-3-2-6-14(15)17(20-21)18(24)23-12-10-22(11-13-23)16-8-4-5-9-19-16/h2-9H,10-13H2,1H3. The number of carbonyl (C=O) groups excluding carboxylic acids is 1. The van der Waals surface area contributed by atoms with Gasteiger partial charge in [-0.05, 0) is 18.2 Å². The zero-order valence-electron chi connectivity index (χ0n) is 13.6. The lowest BCUT2D eigenvalue weighted by atomic mass is 10.2. The molecule has 1 amide bonds. The van der Waals surface area contributed by atoms with Gasteiger partial charge in [0.1, 0.15) is 5.82 Å². The van der Waals surface area contributed by atoms with Crippen LogP contribution in [0, 0.1) is 0 Å². The van der Waals surface area contributed by atoms with Crippen LogP contribution in [0.5, 0.6) is 0 Å². The molecule has 6 heteroatoms. The van der Waals surface area contributed by atoms with E-state index < -0.39 is 0 Å². The summed E-state index contributed by atoms with van der Waals surface area (Å²) in [6, 6.07) is 13.8. The molecule has 0 saturated carbocycles. The van der Waals surface area contributed by atoms with E-state index in [4.69, 9.17) is 0 Å². The number of carbonyl (C=O) groups is 1. The van der Waals surface area contributed by atoms with E-state index in [-0.39, 0.29) is 5.91 Å². The van der Waals surface area contributed by atoms with E-state index in [1.165, 1.54) is 0 Å². The van der Waals surface area contributed by atoms with Crippen LogP contribution in [0.1, 0.15) is 10.5 Å². The summed E-state index contributed by atoms with van der Waals surface area (Å²) in [5.74, 6) is 0.973. The highest BCUT2D eigenvalue weighted by Gasteiger charge is 2.26. The fourth-order valence-electron chi connectivity index (χ4n) is 3.20. The van der Waals surface area contributed by atoms with Crippen molar-refractivity contribution in [3.63, 3.8) is 0 Å². The highest BCUT2D eigenvalue weighted by atomic mass is 16.2. The number of anilines is 1. The second-order valence-electron chi connectivity index (χ2n) is 5.96. The van der Waals surface area contributed by atoms with Crippen molar-refractivity contribution in [1.29, 1.82) is 0 Å². The molecule has 4 rings (SSSR count). The Morgan fingerprint density at radius 1 is 1.00 bits per heavy atom. The first-order chi connectivity index (χ1) is 11.7. The van der Waals surface area contributed by atoms with Crippen LogP contribution in [0.25, 0.3) is 10.9 Å². The van der Waals surface area contributed by atoms with Gasteiger partial charge < -0.3 is 9.80 Å². The van der Waals surface area contributed by atoms with Gasteiger partial charge in [0.15, 0.2) is 5.69 Å². The van der Waals surface area contributed by atoms with Gasteiger partial charge in [-0.15, -0.1) is 0 Å². The number of hydrogen-bond acceptors (Lipinski definition) is 4. The van der Waals surface area contributed by atoms with Crippen molar-refractivity contribution in [1.82, 2.24) is 19.7 Å². The molecule has 3 heterocycles. The summed E-state index contributed by atoms with van der Waals surface area (Å²) in [6.45, 7) is 2.93. The molecule has 0 atom stereocenters. The maximum atomic E-state index is 12.9. The molecule has 1 aliphatic rings. The van der Waals surface area contributed by atoms with Crippen molar-refractivity contribution in [3.05, 3.63) is 54.4 Å². The normalized spacial score (nSPS) is 15.0. The highest BCUT2D eigenvalue weighted by Crippen LogP contribution is 2.20. The highest BCUT2D eigenvalue weighted by molar-refractivity contribution is 6.04. The van der Waals surface area contributed by atoms with E-state index in [1.807, 2.05) is 54.4 Å². The van der Waals surface area contributed by atoms with Gasteiger partial charge in [-0.3, -0.25) is 9.48 Å². The molecule has 1 fully saturated rings. The Morgan fingerprint density at radius 3 is 2.50 bits per heavy atom. The number of hydrogen-bond donors (Lipinski definition) is 0. The Bertz CT molecular complexity index is 866. The maximum Gasteiger partial charge on any atom is 0.275 e. The topological polar surface area (TPSA) is 54.3 Å². The smallest absolute Gasteiger partial charge is 0.275 e. The molecule has 0 bridgehead atoms. The third kappa shape index (κ3) is 2.50. The van der Waals surface area contributed by atoms with Gasteiger partial charge in [0.2, 0.25) is 0 Å². The van der Waals surface area contributed by atoms with Crippen molar-refractivity contribution >= 4 is 22.6 Å². The number of nitrogens with zero attached hydrogens (tertiary/aromatic N) is 5. The van der Waals surface area contributed by atoms with E-state index in [9.17, 15) is 4.79 Å². The Hall–Kier alpha value is -2.89. The lowest BCUT2D eigenvalue weighted by Crippen LogP contribution is -2.49. The quantitative estimate of drug-likeness (QED) is 0.724. The number of fused-ring (bicyclic) bond motifs is 1. The van der Waals surface area contributed by atoms with Crippen LogP contribution in [0.15, 0.2) is 48.7 Å². The summed E-state index contributed by atoms with van der Waals surface area (Å²) in [5.41, 5.74) is 1.52. The number of aryl methyl sites for hydroxylation is 1. The summed E-state index contributed by atoms with van der Waals surface area (Å²) >= 11 is 0. The van der Waals surface area contributed by atoms with Crippen molar-refractivity contribution < 1.29 is 4.79 Å². The minimum Gasteiger partial charge on any atom is -0.353 e. The fraction of sp³-hybridized carbons (Fsp3) is 0.278. The van der Waals surface area contributed by atoms with E-state index in [1.54, 1.807) is 10.9 Å². The van der Waals surface area contributed by atoms with Crippen molar-refractivity contribution in [3.8, 4) is 0 Å². The lowest BCUT2D eigenvalue weighted by Gasteiger charge is -2.35. The number of para-hydroxylation sites is 1. The van der Waals surface area contributed by atoms with E-state index >= 15 is 0 Å². The van der Waals surface area contributed by atoms with Crippen molar-refractivity contribution in [2.24, 2.45) is 7.05 Å². The predicted octanol–water partition coefficient (Wildman–Crippen LogP) is 1.93. The van der Waals surface area contributed by atoms with Gasteiger partial charge in [-0.2, -0.15) is 5.10 Å². The molecule has 122 valence electrons. The van der Waals surface area contributed by atoms with Gasteiger partial charge in [-0.1, -0.05) is 24.3 Å². The molecule has 0 unspecified atom stereocenters. The molecule has 1 aromatic carbocycles. The molecule has 2 aromatic heterocycles. The molecular formula is C18H19N5O. The molecule has 0 spiro atoms. The third-order valence-electron chi connectivity index (χ3n) is 4.50.